The molecule has 0 atom stereocenters. The summed E-state index contributed by atoms with van der Waals surface area (Å²) in [6, 6.07) is 15.0. The number of aliphatic imine (C=N–C) groups is 2. The number of hydrogen-bond donors (Lipinski definition) is 3. The van der Waals surface area contributed by atoms with Crippen LogP contribution in [0.3, 0.4) is 0 Å². The van der Waals surface area contributed by atoms with E-state index in [0.29, 0.717) is 24.9 Å². The number of nitrogen functional groups attached to an aromatic ring is 1. The van der Waals surface area contributed by atoms with Gasteiger partial charge in [-0.15, -0.1) is 11.8 Å². The first-order valence-electron chi connectivity index (χ1n) is 10.0. The summed E-state index contributed by atoms with van der Waals surface area (Å²) in [5.74, 6) is 1.22. The Labute approximate surface area is 189 Å². The van der Waals surface area contributed by atoms with Crippen LogP contribution in [-0.2, 0) is 4.74 Å². The molecule has 0 aromatic heterocycles. The second kappa shape index (κ2) is 15.8. The SMILES string of the molecule is CC.COCCOc1ccc(NC(=N/C=C(\C)SC)/N=C/Nc2cccc(N)c2)cc1. The van der Waals surface area contributed by atoms with Gasteiger partial charge < -0.3 is 25.8 Å². The maximum Gasteiger partial charge on any atom is 0.228 e. The number of thioether (sulfide) groups is 1. The van der Waals surface area contributed by atoms with Crippen LogP contribution >= 0.6 is 11.8 Å². The molecular weight excluding hydrogens is 410 g/mol. The molecule has 0 unspecified atom stereocenters. The average Bonchev–Trinajstić information content (AvgIpc) is 2.79. The monoisotopic (exact) mass is 443 g/mol. The Morgan fingerprint density at radius 3 is 2.48 bits per heavy atom. The number of nitrogens with two attached hydrogens (primary N) is 1. The number of hydrogen-bond acceptors (Lipinski definition) is 5. The summed E-state index contributed by atoms with van der Waals surface area (Å²) in [5.41, 5.74) is 8.17. The number of guanidine groups is 1. The quantitative estimate of drug-likeness (QED) is 0.206. The highest BCUT2D eigenvalue weighted by atomic mass is 32.2. The summed E-state index contributed by atoms with van der Waals surface area (Å²) in [6.45, 7) is 7.05. The van der Waals surface area contributed by atoms with Crippen LogP contribution in [0.2, 0.25) is 0 Å². The van der Waals surface area contributed by atoms with Crippen molar-refractivity contribution in [3.63, 3.8) is 0 Å². The van der Waals surface area contributed by atoms with Crippen LogP contribution in [-0.4, -0.2) is 38.9 Å². The normalized spacial score (nSPS) is 11.6. The number of allylic oxidation sites excluding steroid dienone is 1. The summed E-state index contributed by atoms with van der Waals surface area (Å²) >= 11 is 1.62. The number of nitrogens with one attached hydrogen (secondary N) is 2. The van der Waals surface area contributed by atoms with Gasteiger partial charge in [-0.25, -0.2) is 9.98 Å². The molecule has 0 heterocycles. The van der Waals surface area contributed by atoms with E-state index >= 15 is 0 Å². The number of anilines is 3. The molecular formula is C23H33N5O2S. The standard InChI is InChI=1S/C21H27N5O2S.C2H6/c1-16(29-3)14-23-21(25-15-24-19-6-4-5-17(22)13-19)26-18-7-9-20(10-8-18)28-12-11-27-2;1-2/h4-10,13-15H,11-12,22H2,1-3H3,(H2,23,24,25,26);1-2H3/b16-14+;. The van der Waals surface area contributed by atoms with Crippen molar-refractivity contribution in [1.82, 2.24) is 0 Å². The predicted octanol–water partition coefficient (Wildman–Crippen LogP) is 5.45. The molecule has 7 nitrogen and oxygen atoms in total. The van der Waals surface area contributed by atoms with Crippen molar-refractivity contribution in [2.45, 2.75) is 20.8 Å². The lowest BCUT2D eigenvalue weighted by Crippen LogP contribution is -2.11. The zero-order valence-corrected chi connectivity index (χ0v) is 19.7. The molecule has 2 aromatic rings. The third kappa shape index (κ3) is 11.1. The molecule has 8 heteroatoms. The minimum absolute atomic E-state index is 0.447. The molecule has 0 aliphatic rings. The van der Waals surface area contributed by atoms with Crippen molar-refractivity contribution >= 4 is 41.1 Å². The molecule has 0 aliphatic carbocycles. The van der Waals surface area contributed by atoms with Gasteiger partial charge in [0.05, 0.1) is 12.9 Å². The molecule has 0 bridgehead atoms. The van der Waals surface area contributed by atoms with E-state index in [1.54, 1.807) is 31.4 Å². The van der Waals surface area contributed by atoms with Crippen LogP contribution in [0.1, 0.15) is 20.8 Å². The van der Waals surface area contributed by atoms with Crippen LogP contribution < -0.4 is 21.1 Å². The first kappa shape index (κ1) is 26.1. The zero-order valence-electron chi connectivity index (χ0n) is 18.9. The Morgan fingerprint density at radius 1 is 1.10 bits per heavy atom. The number of nitrogens with zero attached hydrogens (tertiary/aromatic N) is 2. The number of rotatable bonds is 9. The van der Waals surface area contributed by atoms with E-state index in [-0.39, 0.29) is 0 Å². The molecule has 2 aromatic carbocycles. The summed E-state index contributed by atoms with van der Waals surface area (Å²) in [4.78, 5) is 9.90. The van der Waals surface area contributed by atoms with Gasteiger partial charge in [0.1, 0.15) is 12.4 Å². The van der Waals surface area contributed by atoms with Crippen molar-refractivity contribution in [2.24, 2.45) is 9.98 Å². The van der Waals surface area contributed by atoms with Gasteiger partial charge in [0.2, 0.25) is 5.96 Å². The third-order valence-corrected chi connectivity index (χ3v) is 4.41. The Kier molecular flexibility index (Phi) is 13.3. The van der Waals surface area contributed by atoms with Crippen LogP contribution in [0.15, 0.2) is 69.6 Å². The largest absolute Gasteiger partial charge is 0.491 e. The molecule has 0 fully saturated rings. The Bertz CT molecular complexity index is 851. The summed E-state index contributed by atoms with van der Waals surface area (Å²) in [7, 11) is 1.65. The first-order valence-corrected chi connectivity index (χ1v) is 11.2. The second-order valence-corrected chi connectivity index (χ2v) is 6.97. The van der Waals surface area contributed by atoms with Crippen LogP contribution in [0.4, 0.5) is 17.1 Å². The minimum atomic E-state index is 0.447. The first-order chi connectivity index (χ1) is 15.1. The fourth-order valence-electron chi connectivity index (χ4n) is 2.11. The van der Waals surface area contributed by atoms with Crippen LogP contribution in [0, 0.1) is 0 Å². The van der Waals surface area contributed by atoms with Gasteiger partial charge in [0, 0.05) is 30.4 Å². The molecule has 0 aliphatic heterocycles. The van der Waals surface area contributed by atoms with E-state index in [1.165, 1.54) is 0 Å². The topological polar surface area (TPSA) is 93.3 Å². The summed E-state index contributed by atoms with van der Waals surface area (Å²) < 4.78 is 10.6. The Balaban J connectivity index is 0.00000233. The molecule has 0 radical (unpaired) electrons. The summed E-state index contributed by atoms with van der Waals surface area (Å²) in [5, 5.41) is 6.29. The van der Waals surface area contributed by atoms with Gasteiger partial charge in [-0.1, -0.05) is 19.9 Å². The molecule has 4 N–H and O–H groups in total. The zero-order chi connectivity index (χ0) is 22.9. The van der Waals surface area contributed by atoms with Crippen molar-refractivity contribution < 1.29 is 9.47 Å². The number of benzene rings is 2. The molecule has 0 amide bonds. The lowest BCUT2D eigenvalue weighted by atomic mass is 10.3. The van der Waals surface area contributed by atoms with Crippen molar-refractivity contribution in [1.29, 1.82) is 0 Å². The van der Waals surface area contributed by atoms with Crippen molar-refractivity contribution in [3.05, 3.63) is 59.6 Å². The van der Waals surface area contributed by atoms with Gasteiger partial charge in [0.15, 0.2) is 0 Å². The Morgan fingerprint density at radius 2 is 1.84 bits per heavy atom. The van der Waals surface area contributed by atoms with E-state index < -0.39 is 0 Å². The Hall–Kier alpha value is -2.97. The molecule has 2 rings (SSSR count). The van der Waals surface area contributed by atoms with Crippen LogP contribution in [0.25, 0.3) is 0 Å². The minimum Gasteiger partial charge on any atom is -0.491 e. The molecule has 31 heavy (non-hydrogen) atoms. The lowest BCUT2D eigenvalue weighted by Gasteiger charge is -2.08. The summed E-state index contributed by atoms with van der Waals surface area (Å²) in [6.07, 6.45) is 5.35. The molecule has 0 saturated carbocycles. The molecule has 168 valence electrons. The maximum atomic E-state index is 5.79. The van der Waals surface area contributed by atoms with Gasteiger partial charge in [0.25, 0.3) is 0 Å². The fourth-order valence-corrected chi connectivity index (χ4v) is 2.26. The van der Waals surface area contributed by atoms with E-state index in [1.807, 2.05) is 75.6 Å². The maximum absolute atomic E-state index is 5.79. The molecule has 0 saturated heterocycles. The predicted molar refractivity (Wildman–Crippen MR) is 136 cm³/mol. The lowest BCUT2D eigenvalue weighted by molar-refractivity contribution is 0.146. The van der Waals surface area contributed by atoms with Crippen molar-refractivity contribution in [2.75, 3.05) is 42.9 Å². The number of methoxy groups -OCH3 is 1. The highest BCUT2D eigenvalue weighted by Crippen LogP contribution is 2.16. The average molecular weight is 444 g/mol. The second-order valence-electron chi connectivity index (χ2n) is 5.92. The number of ether oxygens (including phenoxy) is 2. The third-order valence-electron chi connectivity index (χ3n) is 3.66. The smallest absolute Gasteiger partial charge is 0.228 e. The van der Waals surface area contributed by atoms with Gasteiger partial charge >= 0.3 is 0 Å². The van der Waals surface area contributed by atoms with E-state index in [2.05, 4.69) is 20.6 Å². The van der Waals surface area contributed by atoms with E-state index in [0.717, 1.165) is 22.0 Å². The van der Waals surface area contributed by atoms with Gasteiger partial charge in [-0.05, 0) is 60.5 Å². The van der Waals surface area contributed by atoms with Gasteiger partial charge in [-0.2, -0.15) is 0 Å². The van der Waals surface area contributed by atoms with Gasteiger partial charge in [-0.3, -0.25) is 0 Å². The van der Waals surface area contributed by atoms with Crippen LogP contribution in [0.5, 0.6) is 5.75 Å². The fraction of sp³-hybridized carbons (Fsp3) is 0.304. The molecule has 0 spiro atoms. The highest BCUT2D eigenvalue weighted by Gasteiger charge is 2.00. The van der Waals surface area contributed by atoms with E-state index in [4.69, 9.17) is 15.2 Å². The highest BCUT2D eigenvalue weighted by molar-refractivity contribution is 8.02. The van der Waals surface area contributed by atoms with E-state index in [9.17, 15) is 0 Å². The van der Waals surface area contributed by atoms with Crippen molar-refractivity contribution in [3.8, 4) is 5.75 Å².